The number of hydrogen-bond acceptors (Lipinski definition) is 4. The Morgan fingerprint density at radius 1 is 1.07 bits per heavy atom. The van der Waals surface area contributed by atoms with Gasteiger partial charge in [0.1, 0.15) is 11.6 Å². The molecule has 162 valence electrons. The largest absolute Gasteiger partial charge is 0.369 e. The van der Waals surface area contributed by atoms with Crippen LogP contribution in [0.15, 0.2) is 47.4 Å². The fourth-order valence-electron chi connectivity index (χ4n) is 2.71. The lowest BCUT2D eigenvalue weighted by Crippen LogP contribution is -2.37. The quantitative estimate of drug-likeness (QED) is 0.551. The number of halogens is 2. The molecule has 4 N–H and O–H groups in total. The predicted molar refractivity (Wildman–Crippen MR) is 107 cm³/mol. The molecule has 1 atom stereocenters. The highest BCUT2D eigenvalue weighted by molar-refractivity contribution is 7.89. The summed E-state index contributed by atoms with van der Waals surface area (Å²) >= 11 is 0. The number of carbonyl (C=O) groups excluding carboxylic acids is 2. The monoisotopic (exact) mass is 439 g/mol. The molecule has 10 heteroatoms. The number of hydrogen-bond donors (Lipinski definition) is 3. The van der Waals surface area contributed by atoms with Crippen molar-refractivity contribution in [1.29, 1.82) is 0 Å². The lowest BCUT2D eigenvalue weighted by molar-refractivity contribution is -0.121. The van der Waals surface area contributed by atoms with Crippen molar-refractivity contribution in [2.45, 2.75) is 31.2 Å². The van der Waals surface area contributed by atoms with Crippen LogP contribution in [0.3, 0.4) is 0 Å². The van der Waals surface area contributed by atoms with Gasteiger partial charge in [-0.3, -0.25) is 9.59 Å². The van der Waals surface area contributed by atoms with Crippen molar-refractivity contribution in [2.24, 2.45) is 11.7 Å². The van der Waals surface area contributed by atoms with Crippen molar-refractivity contribution in [3.05, 3.63) is 65.2 Å². The van der Waals surface area contributed by atoms with Crippen LogP contribution in [0.2, 0.25) is 0 Å². The molecular formula is C20H23F2N3O4S. The van der Waals surface area contributed by atoms with E-state index in [1.54, 1.807) is 13.8 Å². The molecule has 2 aromatic rings. The van der Waals surface area contributed by atoms with Crippen LogP contribution in [-0.4, -0.2) is 32.8 Å². The van der Waals surface area contributed by atoms with Crippen LogP contribution in [0, 0.1) is 17.6 Å². The minimum Gasteiger partial charge on any atom is -0.369 e. The van der Waals surface area contributed by atoms with Crippen LogP contribution >= 0.6 is 0 Å². The van der Waals surface area contributed by atoms with Crippen LogP contribution in [-0.2, 0) is 21.2 Å². The molecule has 2 rings (SSSR count). The van der Waals surface area contributed by atoms with Gasteiger partial charge < -0.3 is 11.1 Å². The average molecular weight is 439 g/mol. The van der Waals surface area contributed by atoms with Crippen molar-refractivity contribution < 1.29 is 26.8 Å². The highest BCUT2D eigenvalue weighted by atomic mass is 32.2. The van der Waals surface area contributed by atoms with Gasteiger partial charge in [-0.25, -0.2) is 21.9 Å². The van der Waals surface area contributed by atoms with Gasteiger partial charge in [0.05, 0.1) is 16.4 Å². The summed E-state index contributed by atoms with van der Waals surface area (Å²) in [5.74, 6) is -3.75. The molecule has 0 bridgehead atoms. The topological polar surface area (TPSA) is 118 Å². The minimum absolute atomic E-state index is 0.144. The van der Waals surface area contributed by atoms with E-state index in [0.717, 1.165) is 18.2 Å². The third kappa shape index (κ3) is 6.33. The van der Waals surface area contributed by atoms with Gasteiger partial charge in [0.15, 0.2) is 0 Å². The van der Waals surface area contributed by atoms with Gasteiger partial charge in [-0.2, -0.15) is 0 Å². The van der Waals surface area contributed by atoms with Crippen molar-refractivity contribution in [1.82, 2.24) is 10.0 Å². The number of primary amides is 1. The molecule has 7 nitrogen and oxygen atoms in total. The molecule has 0 aliphatic carbocycles. The molecule has 2 amide bonds. The van der Waals surface area contributed by atoms with Crippen molar-refractivity contribution in [2.75, 3.05) is 6.54 Å². The smallest absolute Gasteiger partial charge is 0.254 e. The molecular weight excluding hydrogens is 416 g/mol. The maximum absolute atomic E-state index is 14.1. The van der Waals surface area contributed by atoms with Gasteiger partial charge in [0.2, 0.25) is 15.9 Å². The van der Waals surface area contributed by atoms with Crippen molar-refractivity contribution in [3.63, 3.8) is 0 Å². The maximum atomic E-state index is 14.1. The molecule has 0 saturated carbocycles. The molecule has 0 spiro atoms. The highest BCUT2D eigenvalue weighted by Gasteiger charge is 2.22. The van der Waals surface area contributed by atoms with Gasteiger partial charge in [-0.05, 0) is 56.2 Å². The summed E-state index contributed by atoms with van der Waals surface area (Å²) in [6, 6.07) is 7.92. The van der Waals surface area contributed by atoms with Crippen LogP contribution in [0.25, 0.3) is 0 Å². The van der Waals surface area contributed by atoms with Crippen molar-refractivity contribution in [3.8, 4) is 0 Å². The van der Waals surface area contributed by atoms with E-state index in [0.29, 0.717) is 5.56 Å². The molecule has 0 aliphatic heterocycles. The first-order valence-corrected chi connectivity index (χ1v) is 10.6. The Kier molecular flexibility index (Phi) is 7.63. The second-order valence-electron chi connectivity index (χ2n) is 7.06. The molecule has 0 aliphatic rings. The first-order valence-electron chi connectivity index (χ1n) is 9.13. The first-order chi connectivity index (χ1) is 14.0. The lowest BCUT2D eigenvalue weighted by atomic mass is 9.98. The molecule has 0 saturated heterocycles. The molecule has 1 unspecified atom stereocenters. The van der Waals surface area contributed by atoms with E-state index in [1.807, 2.05) is 0 Å². The van der Waals surface area contributed by atoms with E-state index < -0.39 is 45.0 Å². The summed E-state index contributed by atoms with van der Waals surface area (Å²) in [7, 11) is -3.92. The average Bonchev–Trinajstić information content (AvgIpc) is 2.65. The second-order valence-corrected chi connectivity index (χ2v) is 8.77. The minimum atomic E-state index is -3.92. The number of amides is 2. The van der Waals surface area contributed by atoms with Gasteiger partial charge in [-0.15, -0.1) is 0 Å². The zero-order chi connectivity index (χ0) is 22.5. The Bertz CT molecular complexity index is 1020. The summed E-state index contributed by atoms with van der Waals surface area (Å²) in [6.07, 6.45) is 0.144. The van der Waals surface area contributed by atoms with E-state index in [9.17, 15) is 26.8 Å². The number of rotatable bonds is 9. The van der Waals surface area contributed by atoms with E-state index in [2.05, 4.69) is 10.0 Å². The van der Waals surface area contributed by atoms with Gasteiger partial charge >= 0.3 is 0 Å². The Hall–Kier alpha value is -2.85. The van der Waals surface area contributed by atoms with Crippen LogP contribution < -0.4 is 15.8 Å². The second kappa shape index (κ2) is 9.77. The van der Waals surface area contributed by atoms with E-state index in [4.69, 9.17) is 5.73 Å². The zero-order valence-corrected chi connectivity index (χ0v) is 17.3. The number of benzene rings is 2. The Morgan fingerprint density at radius 2 is 1.70 bits per heavy atom. The molecule has 0 aromatic heterocycles. The predicted octanol–water partition coefficient (Wildman–Crippen LogP) is 1.73. The third-order valence-corrected chi connectivity index (χ3v) is 5.85. The summed E-state index contributed by atoms with van der Waals surface area (Å²) in [4.78, 5) is 23.9. The van der Waals surface area contributed by atoms with Gasteiger partial charge in [0, 0.05) is 12.6 Å². The Morgan fingerprint density at radius 3 is 2.27 bits per heavy atom. The van der Waals surface area contributed by atoms with Crippen LogP contribution in [0.1, 0.15) is 29.8 Å². The standard InChI is InChI=1S/C20H23F2N3O4S/c1-12(2)25-30(28,29)16-7-8-18(22)17(10-16)20(27)24-11-14(19(23)26)9-13-3-5-15(21)6-4-13/h3-8,10,12,14,25H,9,11H2,1-2H3,(H2,23,26)(H,24,27). The Balaban J connectivity index is 2.14. The number of sulfonamides is 1. The van der Waals surface area contributed by atoms with E-state index in [-0.39, 0.29) is 23.9 Å². The fraction of sp³-hybridized carbons (Fsp3) is 0.300. The third-order valence-electron chi connectivity index (χ3n) is 4.19. The maximum Gasteiger partial charge on any atom is 0.254 e. The molecule has 0 heterocycles. The van der Waals surface area contributed by atoms with Gasteiger partial charge in [0.25, 0.3) is 5.91 Å². The van der Waals surface area contributed by atoms with E-state index in [1.165, 1.54) is 24.3 Å². The number of nitrogens with one attached hydrogen (secondary N) is 2. The number of carbonyl (C=O) groups is 2. The SMILES string of the molecule is CC(C)NS(=O)(=O)c1ccc(F)c(C(=O)NCC(Cc2ccc(F)cc2)C(N)=O)c1. The van der Waals surface area contributed by atoms with Crippen LogP contribution in [0.5, 0.6) is 0 Å². The van der Waals surface area contributed by atoms with Crippen molar-refractivity contribution >= 4 is 21.8 Å². The summed E-state index contributed by atoms with van der Waals surface area (Å²) in [5, 5.41) is 2.40. The molecule has 30 heavy (non-hydrogen) atoms. The summed E-state index contributed by atoms with van der Waals surface area (Å²) < 4.78 is 54.0. The van der Waals surface area contributed by atoms with Gasteiger partial charge in [-0.1, -0.05) is 12.1 Å². The molecule has 2 aromatic carbocycles. The summed E-state index contributed by atoms with van der Waals surface area (Å²) in [6.45, 7) is 3.05. The summed E-state index contributed by atoms with van der Waals surface area (Å²) in [5.41, 5.74) is 5.52. The number of nitrogens with two attached hydrogens (primary N) is 1. The highest BCUT2D eigenvalue weighted by Crippen LogP contribution is 2.16. The van der Waals surface area contributed by atoms with E-state index >= 15 is 0 Å². The van der Waals surface area contributed by atoms with Crippen LogP contribution in [0.4, 0.5) is 8.78 Å². The zero-order valence-electron chi connectivity index (χ0n) is 16.5. The molecule has 0 radical (unpaired) electrons. The molecule has 0 fully saturated rings. The lowest BCUT2D eigenvalue weighted by Gasteiger charge is -2.15. The Labute approximate surface area is 173 Å². The normalized spacial score (nSPS) is 12.6. The first kappa shape index (κ1) is 23.4. The fourth-order valence-corrected chi connectivity index (χ4v) is 3.99.